The van der Waals surface area contributed by atoms with Crippen LogP contribution in [0.25, 0.3) is 10.9 Å². The van der Waals surface area contributed by atoms with Gasteiger partial charge in [-0.05, 0) is 117 Å². The van der Waals surface area contributed by atoms with E-state index in [1.165, 1.54) is 15.1 Å². The van der Waals surface area contributed by atoms with Crippen molar-refractivity contribution in [2.24, 2.45) is 7.05 Å². The van der Waals surface area contributed by atoms with Crippen molar-refractivity contribution in [2.75, 3.05) is 48.3 Å². The lowest BCUT2D eigenvalue weighted by Gasteiger charge is -2.33. The zero-order valence-electron chi connectivity index (χ0n) is 35.6. The SMILES string of the molecule is CCCC(CCC)N(C=O)c1nc(NC2CCN(Sc3cccc(CN4CCC(c5ccc6c(NC(=O)CCNC=O)nn(C)c6c5F)CC4)c3)CC2)ncc1C1(C)CC1. The van der Waals surface area contributed by atoms with Gasteiger partial charge in [0.05, 0.1) is 0 Å². The van der Waals surface area contributed by atoms with Gasteiger partial charge in [0.2, 0.25) is 24.7 Å². The third-order valence-corrected chi connectivity index (χ3v) is 13.7. The van der Waals surface area contributed by atoms with Crippen molar-refractivity contribution in [3.63, 3.8) is 0 Å². The minimum absolute atomic E-state index is 0.0427. The number of aromatic nitrogens is 4. The van der Waals surface area contributed by atoms with E-state index >= 15 is 4.39 Å². The van der Waals surface area contributed by atoms with Crippen molar-refractivity contribution in [3.05, 3.63) is 65.1 Å². The molecule has 0 radical (unpaired) electrons. The normalized spacial score (nSPS) is 17.5. The lowest BCUT2D eigenvalue weighted by molar-refractivity contribution is -0.116. The average Bonchev–Trinajstić information content (AvgIpc) is 3.91. The molecule has 322 valence electrons. The monoisotopic (exact) mass is 840 g/mol. The van der Waals surface area contributed by atoms with Gasteiger partial charge in [-0.2, -0.15) is 10.1 Å². The second-order valence-electron chi connectivity index (χ2n) is 17.1. The Morgan fingerprint density at radius 2 is 1.80 bits per heavy atom. The Hall–Kier alpha value is -4.60. The van der Waals surface area contributed by atoms with Crippen LogP contribution in [0.5, 0.6) is 0 Å². The van der Waals surface area contributed by atoms with E-state index in [4.69, 9.17) is 9.97 Å². The molecule has 4 heterocycles. The number of piperidine rings is 2. The van der Waals surface area contributed by atoms with Crippen LogP contribution in [-0.4, -0.2) is 92.5 Å². The van der Waals surface area contributed by atoms with Crippen LogP contribution in [-0.2, 0) is 33.4 Å². The zero-order valence-corrected chi connectivity index (χ0v) is 36.4. The maximum Gasteiger partial charge on any atom is 0.227 e. The molecule has 3 aliphatic rings. The molecule has 2 aliphatic heterocycles. The highest BCUT2D eigenvalue weighted by molar-refractivity contribution is 7.97. The van der Waals surface area contributed by atoms with Gasteiger partial charge in [-0.15, -0.1) is 0 Å². The van der Waals surface area contributed by atoms with Crippen molar-refractivity contribution in [1.82, 2.24) is 34.3 Å². The van der Waals surface area contributed by atoms with Gasteiger partial charge in [0.25, 0.3) is 0 Å². The standard InChI is InChI=1S/C45H61FN10O3S/c1-5-8-34(9-6-2)56(30-58)43-38(45(3)19-20-45)27-48-44(51-43)49-33-17-24-55(25-18-33)60-35-11-7-10-31(26-35)28-54-22-15-32(16-23-54)36-12-13-37-41(40(36)46)53(4)52-42(37)50-39(59)14-21-47-29-57/h7,10-13,26-27,29-30,32-34H,5-6,8-9,14-25,28H2,1-4H3,(H,47,57)(H,48,49,51)(H,50,52,59). The van der Waals surface area contributed by atoms with Crippen molar-refractivity contribution < 1.29 is 18.8 Å². The highest BCUT2D eigenvalue weighted by atomic mass is 32.2. The smallest absolute Gasteiger partial charge is 0.227 e. The minimum Gasteiger partial charge on any atom is -0.358 e. The van der Waals surface area contributed by atoms with E-state index in [1.54, 1.807) is 7.05 Å². The number of anilines is 3. The number of carbonyl (C=O) groups excluding carboxylic acids is 3. The number of hydrogen-bond donors (Lipinski definition) is 3. The molecule has 1 aliphatic carbocycles. The molecule has 15 heteroatoms. The van der Waals surface area contributed by atoms with Gasteiger partial charge in [0.1, 0.15) is 11.3 Å². The van der Waals surface area contributed by atoms with Crippen LogP contribution in [0.1, 0.15) is 114 Å². The first kappa shape index (κ1) is 43.5. The molecule has 0 spiro atoms. The molecule has 3 N–H and O–H groups in total. The number of carbonyl (C=O) groups is 3. The summed E-state index contributed by atoms with van der Waals surface area (Å²) >= 11 is 1.82. The Kier molecular flexibility index (Phi) is 14.4. The lowest BCUT2D eigenvalue weighted by Crippen LogP contribution is -2.37. The molecule has 2 aromatic carbocycles. The second-order valence-corrected chi connectivity index (χ2v) is 18.2. The van der Waals surface area contributed by atoms with E-state index in [-0.39, 0.29) is 48.1 Å². The fourth-order valence-corrected chi connectivity index (χ4v) is 9.93. The van der Waals surface area contributed by atoms with Crippen molar-refractivity contribution >= 4 is 59.2 Å². The molecule has 3 fully saturated rings. The van der Waals surface area contributed by atoms with Crippen LogP contribution in [0, 0.1) is 5.82 Å². The molecule has 3 amide bonds. The van der Waals surface area contributed by atoms with Gasteiger partial charge in [-0.25, -0.2) is 13.7 Å². The molecule has 60 heavy (non-hydrogen) atoms. The van der Waals surface area contributed by atoms with Crippen LogP contribution in [0.2, 0.25) is 0 Å². The second kappa shape index (κ2) is 19.9. The highest BCUT2D eigenvalue weighted by Crippen LogP contribution is 2.50. The Morgan fingerprint density at radius 3 is 2.48 bits per heavy atom. The quantitative estimate of drug-likeness (QED) is 0.0465. The summed E-state index contributed by atoms with van der Waals surface area (Å²) in [5, 5.41) is 13.8. The fraction of sp³-hybridized carbons (Fsp3) is 0.556. The number of amides is 3. The van der Waals surface area contributed by atoms with E-state index in [0.29, 0.717) is 34.6 Å². The van der Waals surface area contributed by atoms with Crippen LogP contribution in [0.15, 0.2) is 47.5 Å². The number of benzene rings is 2. The molecular weight excluding hydrogens is 780 g/mol. The molecule has 0 unspecified atom stereocenters. The summed E-state index contributed by atoms with van der Waals surface area (Å²) in [6.45, 7) is 11.3. The van der Waals surface area contributed by atoms with Crippen LogP contribution >= 0.6 is 11.9 Å². The maximum atomic E-state index is 16.0. The number of nitrogens with zero attached hydrogens (tertiary/aromatic N) is 7. The number of rotatable bonds is 20. The maximum absolute atomic E-state index is 16.0. The van der Waals surface area contributed by atoms with Gasteiger partial charge >= 0.3 is 0 Å². The van der Waals surface area contributed by atoms with E-state index in [2.05, 4.69) is 75.3 Å². The molecule has 4 aromatic rings. The van der Waals surface area contributed by atoms with Gasteiger partial charge in [0.15, 0.2) is 11.6 Å². The molecule has 0 bridgehead atoms. The molecule has 13 nitrogen and oxygen atoms in total. The summed E-state index contributed by atoms with van der Waals surface area (Å²) in [4.78, 5) is 50.8. The molecule has 1 saturated carbocycles. The highest BCUT2D eigenvalue weighted by Gasteiger charge is 2.43. The number of likely N-dealkylation sites (tertiary alicyclic amines) is 1. The Morgan fingerprint density at radius 1 is 1.05 bits per heavy atom. The lowest BCUT2D eigenvalue weighted by atomic mass is 9.88. The van der Waals surface area contributed by atoms with Gasteiger partial charge in [-0.3, -0.25) is 28.9 Å². The topological polar surface area (TPSA) is 141 Å². The van der Waals surface area contributed by atoms with Crippen molar-refractivity contribution in [2.45, 2.75) is 126 Å². The third-order valence-electron chi connectivity index (χ3n) is 12.6. The number of hydrogen-bond acceptors (Lipinski definition) is 10. The summed E-state index contributed by atoms with van der Waals surface area (Å²) in [6.07, 6.45) is 13.4. The molecule has 2 saturated heterocycles. The molecule has 7 rings (SSSR count). The fourth-order valence-electron chi connectivity index (χ4n) is 8.89. The number of halogens is 1. The Balaban J connectivity index is 0.901. The first-order valence-electron chi connectivity index (χ1n) is 21.9. The molecular formula is C45H61FN10O3S. The van der Waals surface area contributed by atoms with Crippen LogP contribution in [0.3, 0.4) is 0 Å². The average molecular weight is 841 g/mol. The zero-order chi connectivity index (χ0) is 42.2. The van der Waals surface area contributed by atoms with Crippen molar-refractivity contribution in [1.29, 1.82) is 0 Å². The van der Waals surface area contributed by atoms with E-state index in [0.717, 1.165) is 115 Å². The minimum atomic E-state index is -0.295. The summed E-state index contributed by atoms with van der Waals surface area (Å²) < 4.78 is 20.0. The summed E-state index contributed by atoms with van der Waals surface area (Å²) in [6, 6.07) is 12.9. The molecule has 0 atom stereocenters. The Labute approximate surface area is 357 Å². The number of nitrogens with one attached hydrogen (secondary N) is 3. The van der Waals surface area contributed by atoms with E-state index < -0.39 is 0 Å². The van der Waals surface area contributed by atoms with Crippen LogP contribution < -0.4 is 20.9 Å². The van der Waals surface area contributed by atoms with Gasteiger partial charge < -0.3 is 16.0 Å². The van der Waals surface area contributed by atoms with Crippen molar-refractivity contribution in [3.8, 4) is 0 Å². The summed E-state index contributed by atoms with van der Waals surface area (Å²) in [5.74, 6) is 1.24. The summed E-state index contributed by atoms with van der Waals surface area (Å²) in [7, 11) is 1.69. The number of aryl methyl sites for hydroxylation is 1. The summed E-state index contributed by atoms with van der Waals surface area (Å²) in [5.41, 5.74) is 3.48. The predicted octanol–water partition coefficient (Wildman–Crippen LogP) is 7.52. The van der Waals surface area contributed by atoms with E-state index in [9.17, 15) is 14.4 Å². The Bertz CT molecular complexity index is 2110. The first-order chi connectivity index (χ1) is 29.1. The first-order valence-corrected chi connectivity index (χ1v) is 22.6. The predicted molar refractivity (Wildman–Crippen MR) is 237 cm³/mol. The van der Waals surface area contributed by atoms with Gasteiger partial charge in [0, 0.05) is 73.8 Å². The number of fused-ring (bicyclic) bond motifs is 1. The van der Waals surface area contributed by atoms with E-state index in [1.807, 2.05) is 35.2 Å². The van der Waals surface area contributed by atoms with Crippen LogP contribution in [0.4, 0.5) is 22.0 Å². The molecule has 2 aromatic heterocycles. The largest absolute Gasteiger partial charge is 0.358 e. The van der Waals surface area contributed by atoms with Gasteiger partial charge in [-0.1, -0.05) is 51.8 Å². The third kappa shape index (κ3) is 10.3.